The maximum Gasteiger partial charge on any atom is 0.412 e. The molecule has 10 heteroatoms. The maximum atomic E-state index is 13.9. The molecule has 3 atom stereocenters. The summed E-state index contributed by atoms with van der Waals surface area (Å²) in [5.74, 6) is 0.589. The number of carbonyl (C=O) groups excluding carboxylic acids is 2. The number of carbonyl (C=O) groups is 2. The van der Waals surface area contributed by atoms with Crippen LogP contribution in [0.5, 0.6) is 5.75 Å². The molecule has 4 aromatic rings. The van der Waals surface area contributed by atoms with Crippen molar-refractivity contribution in [3.8, 4) is 16.2 Å². The van der Waals surface area contributed by atoms with Crippen LogP contribution < -0.4 is 15.8 Å². The van der Waals surface area contributed by atoms with Crippen molar-refractivity contribution >= 4 is 39.4 Å². The van der Waals surface area contributed by atoms with Crippen molar-refractivity contribution in [1.29, 1.82) is 0 Å². The quantitative estimate of drug-likeness (QED) is 0.402. The molecule has 37 heavy (non-hydrogen) atoms. The first-order valence-corrected chi connectivity index (χ1v) is 13.0. The second kappa shape index (κ2) is 8.88. The molecule has 190 valence electrons. The fraction of sp³-hybridized carbons (Fsp3) is 0.296. The molecule has 0 radical (unpaired) electrons. The molecule has 2 amide bonds. The van der Waals surface area contributed by atoms with Gasteiger partial charge in [0.15, 0.2) is 10.9 Å². The molecule has 2 aliphatic rings. The highest BCUT2D eigenvalue weighted by Gasteiger charge is 2.54. The number of fused-ring (bicyclic) bond motifs is 2. The number of benzene rings is 2. The zero-order chi connectivity index (χ0) is 25.8. The van der Waals surface area contributed by atoms with Gasteiger partial charge in [-0.15, -0.1) is 0 Å². The first kappa shape index (κ1) is 23.5. The Balaban J connectivity index is 1.19. The minimum atomic E-state index is -0.561. The van der Waals surface area contributed by atoms with Crippen molar-refractivity contribution in [3.63, 3.8) is 0 Å². The number of nitrogens with one attached hydrogen (secondary N) is 1. The molecule has 3 heterocycles. The Morgan fingerprint density at radius 2 is 2.05 bits per heavy atom. The van der Waals surface area contributed by atoms with E-state index in [1.165, 1.54) is 12.1 Å². The lowest BCUT2D eigenvalue weighted by Gasteiger charge is -2.27. The molecular weight excluding hydrogens is 493 g/mol. The smallest absolute Gasteiger partial charge is 0.408 e. The van der Waals surface area contributed by atoms with Crippen LogP contribution in [-0.2, 0) is 7.05 Å². The van der Waals surface area contributed by atoms with E-state index in [1.807, 2.05) is 42.8 Å². The largest absolute Gasteiger partial charge is 0.412 e. The van der Waals surface area contributed by atoms with Gasteiger partial charge in [0.05, 0.1) is 22.1 Å². The third-order valence-electron chi connectivity index (χ3n) is 7.49. The maximum absolute atomic E-state index is 13.9. The molecule has 3 N–H and O–H groups in total. The molecule has 1 aliphatic heterocycles. The summed E-state index contributed by atoms with van der Waals surface area (Å²) in [6.45, 7) is 2.77. The second-order valence-electron chi connectivity index (χ2n) is 9.69. The number of aromatic nitrogens is 2. The number of amides is 2. The summed E-state index contributed by atoms with van der Waals surface area (Å²) < 4.78 is 21.6. The molecule has 1 aliphatic carbocycles. The monoisotopic (exact) mass is 519 g/mol. The van der Waals surface area contributed by atoms with Crippen LogP contribution in [0, 0.1) is 24.6 Å². The first-order chi connectivity index (χ1) is 17.8. The summed E-state index contributed by atoms with van der Waals surface area (Å²) in [4.78, 5) is 33.0. The van der Waals surface area contributed by atoms with E-state index in [-0.39, 0.29) is 29.3 Å². The highest BCUT2D eigenvalue weighted by Crippen LogP contribution is 2.50. The normalized spacial score (nSPS) is 20.2. The van der Waals surface area contributed by atoms with Crippen molar-refractivity contribution in [2.45, 2.75) is 19.4 Å². The average Bonchev–Trinajstić information content (AvgIpc) is 3.30. The SMILES string of the molecule is Cc1c(OC(=O)NC[C@@H]2[C@H]3C[C@H]3CN2C(=O)c2nc(N)sc2-c2cccc(F)c2)c2ccccc2n1C. The number of anilines is 1. The van der Waals surface area contributed by atoms with Gasteiger partial charge in [0.1, 0.15) is 11.5 Å². The van der Waals surface area contributed by atoms with Gasteiger partial charge in [-0.1, -0.05) is 35.6 Å². The van der Waals surface area contributed by atoms with Gasteiger partial charge in [0.25, 0.3) is 5.91 Å². The summed E-state index contributed by atoms with van der Waals surface area (Å²) in [5.41, 5.74) is 8.56. The van der Waals surface area contributed by atoms with E-state index >= 15 is 0 Å². The number of nitrogens with zero attached hydrogens (tertiary/aromatic N) is 3. The number of hydrogen-bond donors (Lipinski definition) is 2. The van der Waals surface area contributed by atoms with Crippen LogP contribution in [0.2, 0.25) is 0 Å². The standard InChI is InChI=1S/C27H26FN5O3S/c1-14-23(18-8-3-4-9-20(18)32(14)2)36-27(35)30-12-21-19-11-16(19)13-33(21)25(34)22-24(37-26(29)31-22)15-6-5-7-17(28)10-15/h3-10,16,19,21H,11-13H2,1-2H3,(H2,29,31)(H,30,35)/t16-,19-,21+/m0/s1. The van der Waals surface area contributed by atoms with Crippen molar-refractivity contribution < 1.29 is 18.7 Å². The molecular formula is C27H26FN5O3S. The Labute approximate surface area is 216 Å². The minimum absolute atomic E-state index is 0.179. The van der Waals surface area contributed by atoms with Crippen molar-refractivity contribution in [2.75, 3.05) is 18.8 Å². The topological polar surface area (TPSA) is 102 Å². The van der Waals surface area contributed by atoms with Crippen molar-refractivity contribution in [3.05, 3.63) is 65.7 Å². The fourth-order valence-corrected chi connectivity index (χ4v) is 6.26. The number of ether oxygens (including phenoxy) is 1. The average molecular weight is 520 g/mol. The lowest BCUT2D eigenvalue weighted by atomic mass is 10.1. The van der Waals surface area contributed by atoms with Gasteiger partial charge in [-0.25, -0.2) is 14.2 Å². The van der Waals surface area contributed by atoms with Gasteiger partial charge in [-0.05, 0) is 55.0 Å². The number of piperidine rings is 1. The lowest BCUT2D eigenvalue weighted by molar-refractivity contribution is 0.0700. The molecule has 6 rings (SSSR count). The van der Waals surface area contributed by atoms with Crippen LogP contribution in [-0.4, -0.2) is 45.6 Å². The summed E-state index contributed by atoms with van der Waals surface area (Å²) in [6, 6.07) is 13.6. The Bertz CT molecular complexity index is 1550. The van der Waals surface area contributed by atoms with Gasteiger partial charge >= 0.3 is 6.09 Å². The zero-order valence-corrected chi connectivity index (χ0v) is 21.2. The molecule has 0 spiro atoms. The molecule has 0 unspecified atom stereocenters. The van der Waals surface area contributed by atoms with Crippen LogP contribution >= 0.6 is 11.3 Å². The van der Waals surface area contributed by atoms with Crippen LogP contribution in [0.25, 0.3) is 21.3 Å². The highest BCUT2D eigenvalue weighted by molar-refractivity contribution is 7.19. The van der Waals surface area contributed by atoms with Gasteiger partial charge < -0.3 is 25.3 Å². The van der Waals surface area contributed by atoms with Crippen LogP contribution in [0.3, 0.4) is 0 Å². The number of likely N-dealkylation sites (tertiary alicyclic amines) is 1. The predicted octanol–water partition coefficient (Wildman–Crippen LogP) is 4.58. The molecule has 0 bridgehead atoms. The van der Waals surface area contributed by atoms with Gasteiger partial charge in [0, 0.05) is 25.5 Å². The predicted molar refractivity (Wildman–Crippen MR) is 140 cm³/mol. The van der Waals surface area contributed by atoms with Crippen molar-refractivity contribution in [2.24, 2.45) is 18.9 Å². The number of para-hydroxylation sites is 1. The minimum Gasteiger partial charge on any atom is -0.408 e. The lowest BCUT2D eigenvalue weighted by Crippen LogP contribution is -2.46. The number of aryl methyl sites for hydroxylation is 1. The van der Waals surface area contributed by atoms with Crippen LogP contribution in [0.15, 0.2) is 48.5 Å². The Morgan fingerprint density at radius 1 is 1.24 bits per heavy atom. The van der Waals surface area contributed by atoms with Gasteiger partial charge in [0.2, 0.25) is 0 Å². The molecule has 8 nitrogen and oxygen atoms in total. The molecule has 1 saturated heterocycles. The summed E-state index contributed by atoms with van der Waals surface area (Å²) in [5, 5.41) is 3.98. The van der Waals surface area contributed by atoms with Gasteiger partial charge in [-0.2, -0.15) is 0 Å². The van der Waals surface area contributed by atoms with E-state index in [0.717, 1.165) is 34.4 Å². The third kappa shape index (κ3) is 4.11. The summed E-state index contributed by atoms with van der Waals surface area (Å²) in [6.07, 6.45) is 0.457. The number of halogens is 1. The Kier molecular flexibility index (Phi) is 5.63. The zero-order valence-electron chi connectivity index (χ0n) is 20.4. The van der Waals surface area contributed by atoms with Crippen molar-refractivity contribution in [1.82, 2.24) is 19.8 Å². The van der Waals surface area contributed by atoms with E-state index in [4.69, 9.17) is 10.5 Å². The summed E-state index contributed by atoms with van der Waals surface area (Å²) >= 11 is 1.16. The number of hydrogen-bond acceptors (Lipinski definition) is 6. The molecule has 2 fully saturated rings. The third-order valence-corrected chi connectivity index (χ3v) is 8.42. The molecule has 1 saturated carbocycles. The van der Waals surface area contributed by atoms with E-state index in [0.29, 0.717) is 34.6 Å². The second-order valence-corrected chi connectivity index (χ2v) is 10.7. The molecule has 2 aromatic carbocycles. The van der Waals surface area contributed by atoms with Crippen LogP contribution in [0.1, 0.15) is 22.6 Å². The summed E-state index contributed by atoms with van der Waals surface area (Å²) in [7, 11) is 1.93. The van der Waals surface area contributed by atoms with E-state index in [9.17, 15) is 14.0 Å². The fourth-order valence-electron chi connectivity index (χ4n) is 5.44. The highest BCUT2D eigenvalue weighted by atomic mass is 32.1. The van der Waals surface area contributed by atoms with Gasteiger partial charge in [-0.3, -0.25) is 4.79 Å². The number of nitrogens with two attached hydrogens (primary N) is 1. The van der Waals surface area contributed by atoms with Crippen LogP contribution in [0.4, 0.5) is 14.3 Å². The van der Waals surface area contributed by atoms with E-state index < -0.39 is 11.9 Å². The van der Waals surface area contributed by atoms with E-state index in [2.05, 4.69) is 10.3 Å². The Morgan fingerprint density at radius 3 is 2.86 bits per heavy atom. The number of thiazole rings is 1. The number of rotatable bonds is 5. The van der Waals surface area contributed by atoms with E-state index in [1.54, 1.807) is 17.0 Å². The Hall–Kier alpha value is -3.92. The first-order valence-electron chi connectivity index (χ1n) is 12.1. The molecule has 2 aromatic heterocycles. The number of nitrogen functional groups attached to an aromatic ring is 1.